The lowest BCUT2D eigenvalue weighted by Crippen LogP contribution is -2.22. The molecule has 0 bridgehead atoms. The van der Waals surface area contributed by atoms with E-state index in [0.29, 0.717) is 20.9 Å². The van der Waals surface area contributed by atoms with E-state index in [1.54, 1.807) is 27.7 Å². The number of hydrogen-bond acceptors (Lipinski definition) is 8. The Balaban J connectivity index is 1.53. The zero-order chi connectivity index (χ0) is 23.0. The number of thioether (sulfide) groups is 1. The highest BCUT2D eigenvalue weighted by molar-refractivity contribution is 8.00. The molecule has 1 aromatic carbocycles. The molecule has 0 fully saturated rings. The first-order chi connectivity index (χ1) is 15.2. The lowest BCUT2D eigenvalue weighted by Gasteiger charge is -2.11. The molecule has 1 amide bonds. The summed E-state index contributed by atoms with van der Waals surface area (Å²) in [6, 6.07) is 10.0. The van der Waals surface area contributed by atoms with Gasteiger partial charge in [-0.1, -0.05) is 41.3 Å². The molecule has 4 aromatic rings. The minimum atomic E-state index is -0.460. The van der Waals surface area contributed by atoms with Gasteiger partial charge in [-0.3, -0.25) is 9.20 Å². The second kappa shape index (κ2) is 8.87. The quantitative estimate of drug-likeness (QED) is 0.324. The highest BCUT2D eigenvalue weighted by Crippen LogP contribution is 2.29. The third-order valence-electron chi connectivity index (χ3n) is 4.78. The monoisotopic (exact) mass is 469 g/mol. The summed E-state index contributed by atoms with van der Waals surface area (Å²) in [5.41, 5.74) is 3.38. The van der Waals surface area contributed by atoms with Crippen LogP contribution in [0, 0.1) is 13.8 Å². The number of fused-ring (bicyclic) bond motifs is 3. The SMILES string of the molecule is Cc1nc(NC(=O)C(C)Sc2nnc3cc(C)c4ccccc4n23)sc1C(=O)OC(C)C. The fraction of sp³-hybridized carbons (Fsp3) is 0.318. The lowest BCUT2D eigenvalue weighted by molar-refractivity contribution is -0.115. The smallest absolute Gasteiger partial charge is 0.350 e. The van der Waals surface area contributed by atoms with Crippen LogP contribution < -0.4 is 5.32 Å². The van der Waals surface area contributed by atoms with Crippen LogP contribution in [0.4, 0.5) is 5.13 Å². The minimum absolute atomic E-state index is 0.226. The molecule has 1 unspecified atom stereocenters. The Morgan fingerprint density at radius 1 is 1.16 bits per heavy atom. The molecule has 0 aliphatic heterocycles. The number of benzene rings is 1. The van der Waals surface area contributed by atoms with E-state index in [2.05, 4.69) is 26.6 Å². The number of carbonyl (C=O) groups excluding carboxylic acids is 2. The maximum absolute atomic E-state index is 12.8. The average molecular weight is 470 g/mol. The summed E-state index contributed by atoms with van der Waals surface area (Å²) in [6.45, 7) is 9.13. The lowest BCUT2D eigenvalue weighted by atomic mass is 10.1. The summed E-state index contributed by atoms with van der Waals surface area (Å²) < 4.78 is 7.20. The summed E-state index contributed by atoms with van der Waals surface area (Å²) in [6.07, 6.45) is -0.226. The van der Waals surface area contributed by atoms with Gasteiger partial charge >= 0.3 is 5.97 Å². The van der Waals surface area contributed by atoms with Crippen LogP contribution in [0.25, 0.3) is 16.6 Å². The van der Waals surface area contributed by atoms with Crippen molar-refractivity contribution in [2.24, 2.45) is 0 Å². The molecule has 0 aliphatic carbocycles. The molecule has 166 valence electrons. The summed E-state index contributed by atoms with van der Waals surface area (Å²) in [5.74, 6) is -0.671. The molecule has 1 N–H and O–H groups in total. The molecular formula is C22H23N5O3S2. The summed E-state index contributed by atoms with van der Waals surface area (Å²) in [4.78, 5) is 29.7. The van der Waals surface area contributed by atoms with Gasteiger partial charge in [0.1, 0.15) is 4.88 Å². The van der Waals surface area contributed by atoms with E-state index in [0.717, 1.165) is 33.5 Å². The van der Waals surface area contributed by atoms with Crippen molar-refractivity contribution >= 4 is 56.7 Å². The van der Waals surface area contributed by atoms with E-state index in [1.807, 2.05) is 35.6 Å². The van der Waals surface area contributed by atoms with Crippen molar-refractivity contribution in [2.45, 2.75) is 51.1 Å². The average Bonchev–Trinajstić information content (AvgIpc) is 3.30. The van der Waals surface area contributed by atoms with Gasteiger partial charge in [-0.05, 0) is 52.3 Å². The van der Waals surface area contributed by atoms with E-state index < -0.39 is 11.2 Å². The largest absolute Gasteiger partial charge is 0.459 e. The molecule has 0 radical (unpaired) electrons. The van der Waals surface area contributed by atoms with Crippen LogP contribution in [0.1, 0.15) is 41.7 Å². The Hall–Kier alpha value is -2.98. The molecule has 1 atom stereocenters. The second-order valence-electron chi connectivity index (χ2n) is 7.66. The molecule has 3 heterocycles. The first-order valence-electron chi connectivity index (χ1n) is 10.1. The number of anilines is 1. The number of nitrogens with zero attached hydrogens (tertiary/aromatic N) is 4. The molecule has 32 heavy (non-hydrogen) atoms. The first-order valence-corrected chi connectivity index (χ1v) is 11.8. The van der Waals surface area contributed by atoms with Gasteiger partial charge in [0.25, 0.3) is 0 Å². The number of amides is 1. The van der Waals surface area contributed by atoms with Crippen LogP contribution in [0.5, 0.6) is 0 Å². The third-order valence-corrected chi connectivity index (χ3v) is 6.88. The minimum Gasteiger partial charge on any atom is -0.459 e. The molecule has 10 heteroatoms. The Labute approximate surface area is 193 Å². The Morgan fingerprint density at radius 2 is 1.91 bits per heavy atom. The predicted octanol–water partition coefficient (Wildman–Crippen LogP) is 4.64. The number of esters is 1. The van der Waals surface area contributed by atoms with E-state index >= 15 is 0 Å². The maximum atomic E-state index is 12.8. The van der Waals surface area contributed by atoms with Crippen molar-refractivity contribution in [1.82, 2.24) is 19.6 Å². The topological polar surface area (TPSA) is 98.5 Å². The molecule has 8 nitrogen and oxygen atoms in total. The van der Waals surface area contributed by atoms with Gasteiger partial charge < -0.3 is 10.1 Å². The van der Waals surface area contributed by atoms with E-state index in [9.17, 15) is 9.59 Å². The molecular weight excluding hydrogens is 446 g/mol. The van der Waals surface area contributed by atoms with Gasteiger partial charge in [0, 0.05) is 5.39 Å². The van der Waals surface area contributed by atoms with Crippen LogP contribution in [0.3, 0.4) is 0 Å². The Kier molecular flexibility index (Phi) is 6.16. The van der Waals surface area contributed by atoms with Gasteiger partial charge in [-0.2, -0.15) is 0 Å². The fourth-order valence-corrected chi connectivity index (χ4v) is 5.00. The summed E-state index contributed by atoms with van der Waals surface area (Å²) in [5, 5.41) is 13.0. The Bertz CT molecular complexity index is 1330. The number of para-hydroxylation sites is 1. The maximum Gasteiger partial charge on any atom is 0.350 e. The zero-order valence-electron chi connectivity index (χ0n) is 18.4. The highest BCUT2D eigenvalue weighted by Gasteiger charge is 2.23. The van der Waals surface area contributed by atoms with Crippen LogP contribution in [0.15, 0.2) is 35.5 Å². The van der Waals surface area contributed by atoms with E-state index in [4.69, 9.17) is 4.74 Å². The molecule has 4 rings (SSSR count). The van der Waals surface area contributed by atoms with Crippen molar-refractivity contribution in [3.8, 4) is 0 Å². The van der Waals surface area contributed by atoms with E-state index in [1.165, 1.54) is 11.8 Å². The van der Waals surface area contributed by atoms with Crippen molar-refractivity contribution < 1.29 is 14.3 Å². The van der Waals surface area contributed by atoms with Crippen LogP contribution in [-0.4, -0.2) is 42.8 Å². The van der Waals surface area contributed by atoms with E-state index in [-0.39, 0.29) is 12.0 Å². The number of rotatable bonds is 6. The van der Waals surface area contributed by atoms with Crippen molar-refractivity contribution in [3.63, 3.8) is 0 Å². The first kappa shape index (κ1) is 22.2. The second-order valence-corrected chi connectivity index (χ2v) is 9.96. The number of ether oxygens (including phenoxy) is 1. The van der Waals surface area contributed by atoms with Gasteiger partial charge in [-0.25, -0.2) is 9.78 Å². The summed E-state index contributed by atoms with van der Waals surface area (Å²) >= 11 is 2.43. The Morgan fingerprint density at radius 3 is 2.66 bits per heavy atom. The number of nitrogens with one attached hydrogen (secondary N) is 1. The predicted molar refractivity (Wildman–Crippen MR) is 127 cm³/mol. The van der Waals surface area contributed by atoms with Crippen LogP contribution in [0.2, 0.25) is 0 Å². The van der Waals surface area contributed by atoms with Gasteiger partial charge in [0.2, 0.25) is 5.91 Å². The van der Waals surface area contributed by atoms with Gasteiger partial charge in [0.05, 0.1) is 22.6 Å². The number of aromatic nitrogens is 4. The normalized spacial score (nSPS) is 12.4. The van der Waals surface area contributed by atoms with Crippen molar-refractivity contribution in [2.75, 3.05) is 5.32 Å². The van der Waals surface area contributed by atoms with Crippen LogP contribution in [-0.2, 0) is 9.53 Å². The third kappa shape index (κ3) is 4.33. The standard InChI is InChI=1S/C22H23N5O3S2/c1-11(2)30-20(29)18-13(4)23-21(32-18)24-19(28)14(5)31-22-26-25-17-10-12(3)15-8-6-7-9-16(15)27(17)22/h6-11,14H,1-5H3,(H,23,24,28). The molecule has 0 saturated heterocycles. The van der Waals surface area contributed by atoms with Crippen LogP contribution >= 0.6 is 23.1 Å². The number of pyridine rings is 1. The number of carbonyl (C=O) groups is 2. The van der Waals surface area contributed by atoms with Gasteiger partial charge in [-0.15, -0.1) is 10.2 Å². The highest BCUT2D eigenvalue weighted by atomic mass is 32.2. The zero-order valence-corrected chi connectivity index (χ0v) is 20.0. The molecule has 0 aliphatic rings. The van der Waals surface area contributed by atoms with Crippen molar-refractivity contribution in [1.29, 1.82) is 0 Å². The number of thiazole rings is 1. The molecule has 3 aromatic heterocycles. The fourth-order valence-electron chi connectivity index (χ4n) is 3.28. The number of hydrogen-bond donors (Lipinski definition) is 1. The molecule has 0 spiro atoms. The van der Waals surface area contributed by atoms with Crippen molar-refractivity contribution in [3.05, 3.63) is 46.5 Å². The molecule has 0 saturated carbocycles. The summed E-state index contributed by atoms with van der Waals surface area (Å²) in [7, 11) is 0. The van der Waals surface area contributed by atoms with Gasteiger partial charge in [0.15, 0.2) is 15.9 Å². The number of aryl methyl sites for hydroxylation is 2.